The second-order valence-corrected chi connectivity index (χ2v) is 13.5. The van der Waals surface area contributed by atoms with Crippen molar-refractivity contribution >= 4 is 28.7 Å². The van der Waals surface area contributed by atoms with Crippen molar-refractivity contribution in [3.63, 3.8) is 0 Å². The number of benzene rings is 1. The molecule has 220 valence electrons. The maximum absolute atomic E-state index is 14.1. The monoisotopic (exact) mass is 569 g/mol. The van der Waals surface area contributed by atoms with Gasteiger partial charge >= 0.3 is 0 Å². The molecule has 10 heteroatoms. The van der Waals surface area contributed by atoms with Crippen LogP contribution in [-0.4, -0.2) is 56.3 Å². The molecule has 0 unspecified atom stereocenters. The molecule has 10 nitrogen and oxygen atoms in total. The minimum atomic E-state index is -0.934. The van der Waals surface area contributed by atoms with Gasteiger partial charge in [-0.25, -0.2) is 9.97 Å². The van der Waals surface area contributed by atoms with E-state index in [4.69, 9.17) is 0 Å². The Hall–Kier alpha value is -4.26. The molecule has 1 aliphatic carbocycles. The Bertz CT molecular complexity index is 1650. The number of nitriles is 1. The van der Waals surface area contributed by atoms with Crippen LogP contribution in [0.4, 0.5) is 5.95 Å². The summed E-state index contributed by atoms with van der Waals surface area (Å²) in [6, 6.07) is 9.11. The third-order valence-electron chi connectivity index (χ3n) is 8.91. The second kappa shape index (κ2) is 10.5. The topological polar surface area (TPSA) is 144 Å². The van der Waals surface area contributed by atoms with Crippen LogP contribution in [0, 0.1) is 47.8 Å². The molecule has 42 heavy (non-hydrogen) atoms. The van der Waals surface area contributed by atoms with Gasteiger partial charge in [-0.1, -0.05) is 46.2 Å². The minimum absolute atomic E-state index is 0.0244. The Labute approximate surface area is 245 Å². The Morgan fingerprint density at radius 1 is 1.21 bits per heavy atom. The first-order valence-corrected chi connectivity index (χ1v) is 14.4. The zero-order chi connectivity index (χ0) is 30.6. The molecule has 3 N–H and O–H groups in total. The Morgan fingerprint density at radius 3 is 2.62 bits per heavy atom. The predicted molar refractivity (Wildman–Crippen MR) is 160 cm³/mol. The van der Waals surface area contributed by atoms with E-state index < -0.39 is 23.5 Å². The number of fused-ring (bicyclic) bond motifs is 2. The molecule has 2 aromatic heterocycles. The van der Waals surface area contributed by atoms with Gasteiger partial charge in [0.25, 0.3) is 5.56 Å². The third kappa shape index (κ3) is 5.48. The number of nitrogens with zero attached hydrogens (tertiary/aromatic N) is 4. The molecule has 0 radical (unpaired) electrons. The summed E-state index contributed by atoms with van der Waals surface area (Å²) in [6.45, 7) is 14.4. The predicted octanol–water partition coefficient (Wildman–Crippen LogP) is 3.50. The number of anilines is 1. The Balaban J connectivity index is 1.38. The lowest BCUT2D eigenvalue weighted by atomic mass is 9.85. The molecule has 2 amide bonds. The van der Waals surface area contributed by atoms with Crippen molar-refractivity contribution < 1.29 is 9.59 Å². The van der Waals surface area contributed by atoms with Gasteiger partial charge in [0.1, 0.15) is 18.1 Å². The number of nitrogens with one attached hydrogen (secondary N) is 3. The van der Waals surface area contributed by atoms with Crippen molar-refractivity contribution in [2.75, 3.05) is 11.9 Å². The molecule has 1 aliphatic heterocycles. The summed E-state index contributed by atoms with van der Waals surface area (Å²) in [7, 11) is 0. The maximum atomic E-state index is 14.1. The summed E-state index contributed by atoms with van der Waals surface area (Å²) >= 11 is 0. The van der Waals surface area contributed by atoms with E-state index in [2.05, 4.69) is 45.5 Å². The molecule has 2 aliphatic rings. The van der Waals surface area contributed by atoms with Crippen molar-refractivity contribution in [1.82, 2.24) is 25.2 Å². The first-order chi connectivity index (χ1) is 19.7. The van der Waals surface area contributed by atoms with Gasteiger partial charge in [-0.2, -0.15) is 5.26 Å². The van der Waals surface area contributed by atoms with E-state index >= 15 is 0 Å². The van der Waals surface area contributed by atoms with Crippen molar-refractivity contribution in [2.45, 2.75) is 73.0 Å². The van der Waals surface area contributed by atoms with Crippen LogP contribution in [0.5, 0.6) is 0 Å². The number of likely N-dealkylation sites (tertiary alicyclic amines) is 1. The van der Waals surface area contributed by atoms with Crippen molar-refractivity contribution in [1.29, 1.82) is 5.26 Å². The first kappa shape index (κ1) is 29.2. The molecule has 3 aromatic rings. The molecule has 5 atom stereocenters. The van der Waals surface area contributed by atoms with Crippen LogP contribution in [0.15, 0.2) is 41.3 Å². The smallest absolute Gasteiger partial charge is 0.251 e. The molecular weight excluding hydrogens is 530 g/mol. The van der Waals surface area contributed by atoms with Crippen LogP contribution in [0.25, 0.3) is 10.9 Å². The van der Waals surface area contributed by atoms with Gasteiger partial charge in [0.15, 0.2) is 0 Å². The third-order valence-corrected chi connectivity index (χ3v) is 8.91. The molecule has 1 aromatic carbocycles. The van der Waals surface area contributed by atoms with Crippen molar-refractivity contribution in [2.24, 2.45) is 22.7 Å². The second-order valence-electron chi connectivity index (χ2n) is 13.5. The number of aryl methyl sites for hydroxylation is 2. The van der Waals surface area contributed by atoms with Crippen molar-refractivity contribution in [3.8, 4) is 6.07 Å². The first-order valence-electron chi connectivity index (χ1n) is 14.4. The van der Waals surface area contributed by atoms with Crippen LogP contribution in [0.2, 0.25) is 0 Å². The Kier molecular flexibility index (Phi) is 7.34. The van der Waals surface area contributed by atoms with Gasteiger partial charge < -0.3 is 20.5 Å². The van der Waals surface area contributed by atoms with E-state index in [1.807, 2.05) is 52.8 Å². The number of aromatic amines is 1. The number of H-pyrrole nitrogens is 1. The lowest BCUT2D eigenvalue weighted by molar-refractivity contribution is -0.142. The lowest BCUT2D eigenvalue weighted by Gasteiger charge is -2.37. The fraction of sp³-hybridized carbons (Fsp3) is 0.500. The highest BCUT2D eigenvalue weighted by molar-refractivity contribution is 5.93. The molecular formula is C32H39N7O3. The molecule has 0 bridgehead atoms. The largest absolute Gasteiger partial charge is 0.342 e. The number of piperidine rings is 1. The fourth-order valence-electron chi connectivity index (χ4n) is 6.40. The molecule has 1 saturated carbocycles. The average molecular weight is 570 g/mol. The standard InChI is InChI=1S/C32H39N7O3/c1-17-8-9-23-19(12-17)13-20(27(40)37-23)14-21(15-33)36-28(41)25-24-22(32(24,6)7)16-39(25)29(42)26(31(3,4)5)38-30-34-11-10-18(2)35-30/h8-13,21-22,24-26H,14,16H2,1-7H3,(H,36,41)(H,37,40)(H,34,35,38)/t21-,22-,24+,25-,26+/m0/s1. The van der Waals surface area contributed by atoms with Crippen LogP contribution < -0.4 is 16.2 Å². The fourth-order valence-corrected chi connectivity index (χ4v) is 6.40. The lowest BCUT2D eigenvalue weighted by Crippen LogP contribution is -2.57. The van der Waals surface area contributed by atoms with Crippen LogP contribution in [0.3, 0.4) is 0 Å². The highest BCUT2D eigenvalue weighted by atomic mass is 16.2. The molecule has 3 heterocycles. The number of rotatable bonds is 7. The molecule has 2 fully saturated rings. The van der Waals surface area contributed by atoms with Crippen LogP contribution in [0.1, 0.15) is 51.4 Å². The van der Waals surface area contributed by atoms with E-state index in [1.165, 1.54) is 0 Å². The summed E-state index contributed by atoms with van der Waals surface area (Å²) in [6.07, 6.45) is 1.69. The highest BCUT2D eigenvalue weighted by Gasteiger charge is 2.69. The van der Waals surface area contributed by atoms with Gasteiger partial charge in [-0.05, 0) is 66.2 Å². The van der Waals surface area contributed by atoms with Gasteiger partial charge in [-0.3, -0.25) is 14.4 Å². The summed E-state index contributed by atoms with van der Waals surface area (Å²) in [4.78, 5) is 54.0. The van der Waals surface area contributed by atoms with Gasteiger partial charge in [0, 0.05) is 35.9 Å². The quantitative estimate of drug-likeness (QED) is 0.395. The summed E-state index contributed by atoms with van der Waals surface area (Å²) < 4.78 is 0. The number of carbonyl (C=O) groups excluding carboxylic acids is 2. The van der Waals surface area contributed by atoms with E-state index in [-0.39, 0.29) is 41.0 Å². The maximum Gasteiger partial charge on any atom is 0.251 e. The molecule has 1 saturated heterocycles. The Morgan fingerprint density at radius 2 is 1.95 bits per heavy atom. The van der Waals surface area contributed by atoms with E-state index in [0.717, 1.165) is 16.6 Å². The SMILES string of the molecule is Cc1ccc2[nH]c(=O)c(C[C@@H](C#N)NC(=O)[C@@H]3[C@H]4[C@H](CN3C(=O)[C@@H](Nc3nccc(C)n3)C(C)(C)C)C4(C)C)cc2c1. The number of carbonyl (C=O) groups is 2. The van der Waals surface area contributed by atoms with Gasteiger partial charge in [-0.15, -0.1) is 0 Å². The van der Waals surface area contributed by atoms with E-state index in [0.29, 0.717) is 23.6 Å². The van der Waals surface area contributed by atoms with Crippen LogP contribution >= 0.6 is 0 Å². The van der Waals surface area contributed by atoms with Crippen LogP contribution in [-0.2, 0) is 16.0 Å². The highest BCUT2D eigenvalue weighted by Crippen LogP contribution is 2.65. The average Bonchev–Trinajstić information content (AvgIpc) is 3.23. The van der Waals surface area contributed by atoms with Gasteiger partial charge in [0.05, 0.1) is 6.07 Å². The summed E-state index contributed by atoms with van der Waals surface area (Å²) in [5.74, 6) is -0.0655. The number of aromatic nitrogens is 3. The van der Waals surface area contributed by atoms with E-state index in [1.54, 1.807) is 23.2 Å². The zero-order valence-electron chi connectivity index (χ0n) is 25.3. The number of pyridine rings is 1. The van der Waals surface area contributed by atoms with Crippen molar-refractivity contribution in [3.05, 3.63) is 63.7 Å². The molecule has 5 rings (SSSR count). The minimum Gasteiger partial charge on any atom is -0.342 e. The number of hydrogen-bond donors (Lipinski definition) is 3. The number of hydrogen-bond acceptors (Lipinski definition) is 7. The summed E-state index contributed by atoms with van der Waals surface area (Å²) in [5.41, 5.74) is 2.06. The normalized spacial score (nSPS) is 22.1. The zero-order valence-corrected chi connectivity index (χ0v) is 25.3. The summed E-state index contributed by atoms with van der Waals surface area (Å²) in [5, 5.41) is 16.9. The molecule has 0 spiro atoms. The number of amides is 2. The van der Waals surface area contributed by atoms with Gasteiger partial charge in [0.2, 0.25) is 17.8 Å². The van der Waals surface area contributed by atoms with E-state index in [9.17, 15) is 19.6 Å².